The molecule has 0 bridgehead atoms. The van der Waals surface area contributed by atoms with E-state index in [0.29, 0.717) is 0 Å². The molecule has 0 aromatic heterocycles. The molecular formula is C4H6N2O. The number of ketones is 1. The third-order valence-corrected chi connectivity index (χ3v) is 0.541. The number of hydrogen-bond acceptors (Lipinski definition) is 3. The first-order valence-electron chi connectivity index (χ1n) is 1.75. The summed E-state index contributed by atoms with van der Waals surface area (Å²) in [7, 11) is 0. The predicted octanol–water partition coefficient (Wildman–Crippen LogP) is 1.12. The van der Waals surface area contributed by atoms with Crippen LogP contribution in [0.15, 0.2) is 17.4 Å². The van der Waals surface area contributed by atoms with Crippen molar-refractivity contribution in [1.29, 1.82) is 5.53 Å². The van der Waals surface area contributed by atoms with Gasteiger partial charge in [0.25, 0.3) is 0 Å². The van der Waals surface area contributed by atoms with Crippen LogP contribution < -0.4 is 0 Å². The van der Waals surface area contributed by atoms with Gasteiger partial charge < -0.3 is 0 Å². The van der Waals surface area contributed by atoms with Crippen molar-refractivity contribution in [2.45, 2.75) is 6.92 Å². The highest BCUT2D eigenvalue weighted by Crippen LogP contribution is 1.89. The predicted molar refractivity (Wildman–Crippen MR) is 25.0 cm³/mol. The maximum atomic E-state index is 10.1. The van der Waals surface area contributed by atoms with E-state index in [1.165, 1.54) is 6.92 Å². The van der Waals surface area contributed by atoms with E-state index in [1.807, 2.05) is 0 Å². The van der Waals surface area contributed by atoms with Crippen LogP contribution in [-0.4, -0.2) is 5.78 Å². The number of carbonyl (C=O) groups excluding carboxylic acids is 1. The van der Waals surface area contributed by atoms with Crippen LogP contribution in [0.5, 0.6) is 0 Å². The molecule has 38 valence electrons. The fraction of sp³-hybridized carbons (Fsp3) is 0.250. The Balaban J connectivity index is 3.81. The highest BCUT2D eigenvalue weighted by molar-refractivity contribution is 5.91. The van der Waals surface area contributed by atoms with Crippen molar-refractivity contribution >= 4 is 5.78 Å². The van der Waals surface area contributed by atoms with E-state index in [-0.39, 0.29) is 11.5 Å². The summed E-state index contributed by atoms with van der Waals surface area (Å²) >= 11 is 0. The molecule has 3 heteroatoms. The van der Waals surface area contributed by atoms with Crippen LogP contribution >= 0.6 is 0 Å². The first-order valence-corrected chi connectivity index (χ1v) is 1.75. The quantitative estimate of drug-likeness (QED) is 0.408. The summed E-state index contributed by atoms with van der Waals surface area (Å²) in [6.07, 6.45) is 0. The molecule has 0 fully saturated rings. The molecule has 0 aliphatic carbocycles. The lowest BCUT2D eigenvalue weighted by Gasteiger charge is -1.81. The molecule has 0 unspecified atom stereocenters. The van der Waals surface area contributed by atoms with Crippen LogP contribution in [0.2, 0.25) is 0 Å². The van der Waals surface area contributed by atoms with Crippen molar-refractivity contribution < 1.29 is 4.79 Å². The second-order valence-corrected chi connectivity index (χ2v) is 1.11. The molecule has 0 aliphatic heterocycles. The number of carbonyl (C=O) groups is 1. The normalized spacial score (nSPS) is 7.57. The van der Waals surface area contributed by atoms with Crippen molar-refractivity contribution in [3.63, 3.8) is 0 Å². The molecule has 0 amide bonds. The van der Waals surface area contributed by atoms with E-state index in [9.17, 15) is 4.79 Å². The highest BCUT2D eigenvalue weighted by Gasteiger charge is 1.92. The molecule has 0 aromatic carbocycles. The Morgan fingerprint density at radius 3 is 2.29 bits per heavy atom. The largest absolute Gasteiger partial charge is 0.293 e. The van der Waals surface area contributed by atoms with Gasteiger partial charge in [-0.25, -0.2) is 5.53 Å². The summed E-state index contributed by atoms with van der Waals surface area (Å²) < 4.78 is 0. The van der Waals surface area contributed by atoms with Gasteiger partial charge in [0, 0.05) is 6.92 Å². The zero-order valence-electron chi connectivity index (χ0n) is 4.06. The van der Waals surface area contributed by atoms with E-state index in [1.54, 1.807) is 0 Å². The standard InChI is InChI=1S/C4H6N2O/c1-3(6-5)4(2)7/h5H,1H2,2H3. The van der Waals surface area contributed by atoms with Crippen LogP contribution in [0.1, 0.15) is 6.92 Å². The van der Waals surface area contributed by atoms with Crippen LogP contribution in [0.3, 0.4) is 0 Å². The van der Waals surface area contributed by atoms with E-state index in [4.69, 9.17) is 5.53 Å². The Morgan fingerprint density at radius 1 is 1.86 bits per heavy atom. The molecule has 7 heavy (non-hydrogen) atoms. The lowest BCUT2D eigenvalue weighted by molar-refractivity contribution is -0.113. The van der Waals surface area contributed by atoms with E-state index >= 15 is 0 Å². The van der Waals surface area contributed by atoms with E-state index < -0.39 is 0 Å². The average Bonchev–Trinajstić information content (AvgIpc) is 1.65. The summed E-state index contributed by atoms with van der Waals surface area (Å²) in [6.45, 7) is 4.49. The summed E-state index contributed by atoms with van der Waals surface area (Å²) in [5, 5.41) is 2.79. The Kier molecular flexibility index (Phi) is 1.91. The Bertz CT molecular complexity index is 117. The Morgan fingerprint density at radius 2 is 2.29 bits per heavy atom. The van der Waals surface area contributed by atoms with Crippen molar-refractivity contribution in [3.05, 3.63) is 12.3 Å². The lowest BCUT2D eigenvalue weighted by Crippen LogP contribution is -1.87. The molecular weight excluding hydrogens is 92.1 g/mol. The SMILES string of the molecule is C=C(N=N)C(C)=O. The molecule has 0 radical (unpaired) electrons. The number of hydrogen-bond donors (Lipinski definition) is 1. The summed E-state index contributed by atoms with van der Waals surface area (Å²) in [5.74, 6) is -0.255. The van der Waals surface area contributed by atoms with E-state index in [2.05, 4.69) is 11.7 Å². The average molecular weight is 98.1 g/mol. The fourth-order valence-electron chi connectivity index (χ4n) is 0.0787. The topological polar surface area (TPSA) is 53.3 Å². The van der Waals surface area contributed by atoms with Gasteiger partial charge in [-0.3, -0.25) is 4.79 Å². The van der Waals surface area contributed by atoms with Crippen molar-refractivity contribution in [2.24, 2.45) is 5.11 Å². The zero-order chi connectivity index (χ0) is 5.86. The number of nitrogens with zero attached hydrogens (tertiary/aromatic N) is 1. The smallest absolute Gasteiger partial charge is 0.179 e. The summed E-state index contributed by atoms with van der Waals surface area (Å²) in [6, 6.07) is 0. The van der Waals surface area contributed by atoms with Gasteiger partial charge in [0.1, 0.15) is 5.70 Å². The number of allylic oxidation sites excluding steroid dienone is 1. The minimum atomic E-state index is -0.255. The van der Waals surface area contributed by atoms with E-state index in [0.717, 1.165) is 0 Å². The molecule has 0 heterocycles. The molecule has 0 atom stereocenters. The maximum absolute atomic E-state index is 10.1. The van der Waals surface area contributed by atoms with Gasteiger partial charge in [0.05, 0.1) is 0 Å². The monoisotopic (exact) mass is 98.0 g/mol. The number of Topliss-reactive ketones (excluding diaryl/α,β-unsaturated/α-hetero) is 1. The molecule has 0 spiro atoms. The number of nitrogens with one attached hydrogen (secondary N) is 1. The second-order valence-electron chi connectivity index (χ2n) is 1.11. The van der Waals surface area contributed by atoms with Crippen LogP contribution in [0, 0.1) is 5.53 Å². The van der Waals surface area contributed by atoms with Gasteiger partial charge in [-0.1, -0.05) is 6.58 Å². The van der Waals surface area contributed by atoms with Crippen LogP contribution in [0.25, 0.3) is 0 Å². The van der Waals surface area contributed by atoms with Crippen LogP contribution in [0.4, 0.5) is 0 Å². The maximum Gasteiger partial charge on any atom is 0.179 e. The molecule has 0 aromatic rings. The molecule has 0 saturated heterocycles. The van der Waals surface area contributed by atoms with Crippen molar-refractivity contribution in [3.8, 4) is 0 Å². The summed E-state index contributed by atoms with van der Waals surface area (Å²) in [4.78, 5) is 10.1. The summed E-state index contributed by atoms with van der Waals surface area (Å²) in [5.41, 5.74) is 6.24. The molecule has 0 aliphatic rings. The second kappa shape index (κ2) is 2.23. The van der Waals surface area contributed by atoms with Gasteiger partial charge in [0.15, 0.2) is 5.78 Å². The zero-order valence-corrected chi connectivity index (χ0v) is 4.06. The first-order chi connectivity index (χ1) is 3.18. The fourth-order valence-corrected chi connectivity index (χ4v) is 0.0787. The minimum Gasteiger partial charge on any atom is -0.293 e. The number of rotatable bonds is 2. The van der Waals surface area contributed by atoms with Crippen molar-refractivity contribution in [1.82, 2.24) is 0 Å². The van der Waals surface area contributed by atoms with Gasteiger partial charge >= 0.3 is 0 Å². The van der Waals surface area contributed by atoms with Gasteiger partial charge in [-0.15, -0.1) is 0 Å². The highest BCUT2D eigenvalue weighted by atomic mass is 16.1. The Labute approximate surface area is 41.5 Å². The van der Waals surface area contributed by atoms with Gasteiger partial charge in [-0.05, 0) is 0 Å². The van der Waals surface area contributed by atoms with Crippen LogP contribution in [-0.2, 0) is 4.79 Å². The Hall–Kier alpha value is -0.990. The van der Waals surface area contributed by atoms with Gasteiger partial charge in [0.2, 0.25) is 0 Å². The molecule has 1 N–H and O–H groups in total. The minimum absolute atomic E-state index is 0.000000000000000222. The lowest BCUT2D eigenvalue weighted by atomic mass is 10.4. The third-order valence-electron chi connectivity index (χ3n) is 0.541. The molecule has 0 rings (SSSR count). The first kappa shape index (κ1) is 6.01. The van der Waals surface area contributed by atoms with Gasteiger partial charge in [-0.2, -0.15) is 5.11 Å². The molecule has 0 saturated carbocycles. The third kappa shape index (κ3) is 1.81. The van der Waals surface area contributed by atoms with Crippen molar-refractivity contribution in [2.75, 3.05) is 0 Å². The molecule has 3 nitrogen and oxygen atoms in total.